The summed E-state index contributed by atoms with van der Waals surface area (Å²) in [5, 5.41) is 12.4. The highest BCUT2D eigenvalue weighted by Gasteiger charge is 2.30. The first-order valence-corrected chi connectivity index (χ1v) is 28.1. The van der Waals surface area contributed by atoms with Gasteiger partial charge in [-0.25, -0.2) is 0 Å². The minimum atomic E-state index is 0.611. The van der Waals surface area contributed by atoms with Crippen LogP contribution in [0.15, 0.2) is 328 Å². The maximum atomic E-state index is 10.2. The number of hydrogen-bond acceptors (Lipinski definition) is 3. The lowest BCUT2D eigenvalue weighted by atomic mass is 9.74. The Bertz CT molecular complexity index is 4380. The van der Waals surface area contributed by atoms with Gasteiger partial charge in [0.25, 0.3) is 0 Å². The summed E-state index contributed by atoms with van der Waals surface area (Å²) in [6.45, 7) is 0. The van der Waals surface area contributed by atoms with E-state index in [-0.39, 0.29) is 0 Å². The number of benzene rings is 13. The highest BCUT2D eigenvalue weighted by Crippen LogP contribution is 2.56. The Morgan fingerprint density at radius 3 is 0.771 bits per heavy atom. The number of rotatable bonds is 13. The smallest absolute Gasteiger partial charge is 0.0991 e. The van der Waals surface area contributed by atoms with Gasteiger partial charge in [0.1, 0.15) is 0 Å². The molecule has 83 heavy (non-hydrogen) atoms. The summed E-state index contributed by atoms with van der Waals surface area (Å²) in [6.07, 6.45) is 0. The van der Waals surface area contributed by atoms with Crippen molar-refractivity contribution in [2.24, 2.45) is 0 Å². The van der Waals surface area contributed by atoms with Gasteiger partial charge in [0.05, 0.1) is 22.7 Å². The van der Waals surface area contributed by atoms with E-state index < -0.39 is 0 Å². The molecule has 0 aliphatic heterocycles. The summed E-state index contributed by atoms with van der Waals surface area (Å²) in [5.74, 6) is 0. The molecule has 0 amide bonds. The molecule has 0 N–H and O–H groups in total. The molecule has 390 valence electrons. The molecule has 4 nitrogen and oxygen atoms in total. The van der Waals surface area contributed by atoms with Crippen molar-refractivity contribution in [2.75, 3.05) is 9.80 Å². The average Bonchev–Trinajstić information content (AvgIpc) is 3.18. The quantitative estimate of drug-likeness (QED) is 0.115. The molecular formula is C79H54N4. The SMILES string of the molecule is N#Cc1ccc(-c2c(-c3ccccc3)c(-c3ccccc3)c(-c3ccccc3)c(-c3ccccc3)c2-c2ccc(-n3c4ccc(N(c5ccccc5)c5ccccc5)cc4c4cc(N(c5ccccc5)c5ccccc5)ccc43)cc2)cc1. The van der Waals surface area contributed by atoms with Gasteiger partial charge in [0.2, 0.25) is 0 Å². The minimum absolute atomic E-state index is 0.611. The molecule has 0 spiro atoms. The molecule has 0 atom stereocenters. The van der Waals surface area contributed by atoms with Crippen molar-refractivity contribution >= 4 is 55.9 Å². The highest BCUT2D eigenvalue weighted by atomic mass is 15.1. The Balaban J connectivity index is 1.05. The lowest BCUT2D eigenvalue weighted by Crippen LogP contribution is -2.09. The van der Waals surface area contributed by atoms with Crippen LogP contribution in [0, 0.1) is 11.3 Å². The van der Waals surface area contributed by atoms with Crippen LogP contribution in [0.5, 0.6) is 0 Å². The number of fused-ring (bicyclic) bond motifs is 3. The molecule has 14 aromatic rings. The van der Waals surface area contributed by atoms with Crippen molar-refractivity contribution in [3.63, 3.8) is 0 Å². The van der Waals surface area contributed by atoms with Gasteiger partial charge in [-0.1, -0.05) is 218 Å². The van der Waals surface area contributed by atoms with Crippen LogP contribution in [-0.2, 0) is 0 Å². The fourth-order valence-electron chi connectivity index (χ4n) is 12.1. The Kier molecular flexibility index (Phi) is 13.3. The second-order valence-electron chi connectivity index (χ2n) is 20.7. The Morgan fingerprint density at radius 2 is 0.494 bits per heavy atom. The maximum Gasteiger partial charge on any atom is 0.0991 e. The zero-order valence-corrected chi connectivity index (χ0v) is 45.5. The molecule has 0 aliphatic rings. The third-order valence-electron chi connectivity index (χ3n) is 15.8. The van der Waals surface area contributed by atoms with E-state index in [0.29, 0.717) is 5.56 Å². The van der Waals surface area contributed by atoms with Crippen molar-refractivity contribution in [1.82, 2.24) is 4.57 Å². The van der Waals surface area contributed by atoms with Crippen molar-refractivity contribution < 1.29 is 0 Å². The highest BCUT2D eigenvalue weighted by molar-refractivity contribution is 6.16. The van der Waals surface area contributed by atoms with E-state index >= 15 is 0 Å². The van der Waals surface area contributed by atoms with Gasteiger partial charge in [-0.2, -0.15) is 5.26 Å². The van der Waals surface area contributed by atoms with Gasteiger partial charge in [0, 0.05) is 50.6 Å². The van der Waals surface area contributed by atoms with Crippen molar-refractivity contribution in [1.29, 1.82) is 5.26 Å². The Hall–Kier alpha value is -11.3. The molecule has 1 aromatic heterocycles. The Morgan fingerprint density at radius 1 is 0.241 bits per heavy atom. The first-order valence-electron chi connectivity index (χ1n) is 28.1. The first kappa shape index (κ1) is 50.0. The second-order valence-corrected chi connectivity index (χ2v) is 20.7. The van der Waals surface area contributed by atoms with Gasteiger partial charge >= 0.3 is 0 Å². The van der Waals surface area contributed by atoms with Crippen molar-refractivity contribution in [2.45, 2.75) is 0 Å². The van der Waals surface area contributed by atoms with Gasteiger partial charge < -0.3 is 14.4 Å². The van der Waals surface area contributed by atoms with Gasteiger partial charge in [-0.3, -0.25) is 0 Å². The third kappa shape index (κ3) is 9.39. The largest absolute Gasteiger partial charge is 0.310 e. The summed E-state index contributed by atoms with van der Waals surface area (Å²) in [5.41, 5.74) is 23.5. The standard InChI is InChI=1S/C79H54N4/c80-55-56-41-43-61(44-42-56)78-76(59-29-13-3-14-30-59)74(57-25-9-1-10-26-57)75(58-27-11-2-12-28-58)77(60-31-15-4-16-32-60)79(78)62-45-47-67(48-46-62)83-72-51-49-68(81(63-33-17-5-18-34-63)64-35-19-6-20-36-64)53-70(72)71-54-69(50-52-73(71)83)82(65-37-21-7-22-38-65)66-39-23-8-24-40-66/h1-54H. The van der Waals surface area contributed by atoms with Crippen LogP contribution in [0.2, 0.25) is 0 Å². The molecule has 4 heteroatoms. The van der Waals surface area contributed by atoms with Crippen LogP contribution in [-0.4, -0.2) is 4.57 Å². The van der Waals surface area contributed by atoms with E-state index in [2.05, 4.69) is 336 Å². The van der Waals surface area contributed by atoms with Crippen LogP contribution in [0.3, 0.4) is 0 Å². The van der Waals surface area contributed by atoms with Crippen LogP contribution in [0.25, 0.3) is 94.3 Å². The summed E-state index contributed by atoms with van der Waals surface area (Å²) in [6, 6.07) is 119. The van der Waals surface area contributed by atoms with Gasteiger partial charge in [-0.05, 0) is 176 Å². The normalized spacial score (nSPS) is 11.1. The van der Waals surface area contributed by atoms with Gasteiger partial charge in [-0.15, -0.1) is 0 Å². The predicted molar refractivity (Wildman–Crippen MR) is 347 cm³/mol. The molecule has 13 aromatic carbocycles. The molecule has 0 aliphatic carbocycles. The predicted octanol–water partition coefficient (Wildman–Crippen LogP) is 21.6. The van der Waals surface area contributed by atoms with Crippen LogP contribution in [0.4, 0.5) is 34.1 Å². The van der Waals surface area contributed by atoms with Crippen molar-refractivity contribution in [3.8, 4) is 78.5 Å². The number of nitriles is 1. The fraction of sp³-hybridized carbons (Fsp3) is 0. The van der Waals surface area contributed by atoms with Crippen molar-refractivity contribution in [3.05, 3.63) is 333 Å². The summed E-state index contributed by atoms with van der Waals surface area (Å²) >= 11 is 0. The first-order chi connectivity index (χ1) is 41.2. The summed E-state index contributed by atoms with van der Waals surface area (Å²) < 4.78 is 2.43. The molecule has 0 bridgehead atoms. The number of hydrogen-bond donors (Lipinski definition) is 0. The molecule has 0 radical (unpaired) electrons. The topological polar surface area (TPSA) is 35.2 Å². The monoisotopic (exact) mass is 1060 g/mol. The van der Waals surface area contributed by atoms with Gasteiger partial charge in [0.15, 0.2) is 0 Å². The Labute approximate surface area is 484 Å². The zero-order chi connectivity index (χ0) is 55.5. The molecule has 0 unspecified atom stereocenters. The molecule has 0 fully saturated rings. The number of para-hydroxylation sites is 4. The molecule has 1 heterocycles. The molecule has 0 saturated carbocycles. The third-order valence-corrected chi connectivity index (χ3v) is 15.8. The lowest BCUT2D eigenvalue weighted by molar-refractivity contribution is 1.18. The maximum absolute atomic E-state index is 10.2. The number of anilines is 6. The average molecular weight is 1060 g/mol. The van der Waals surface area contributed by atoms with E-state index in [0.717, 1.165) is 128 Å². The number of aromatic nitrogens is 1. The van der Waals surface area contributed by atoms with E-state index in [1.165, 1.54) is 0 Å². The molecule has 0 saturated heterocycles. The second kappa shape index (κ2) is 22.1. The van der Waals surface area contributed by atoms with E-state index in [9.17, 15) is 5.26 Å². The zero-order valence-electron chi connectivity index (χ0n) is 45.5. The van der Waals surface area contributed by atoms with Crippen LogP contribution >= 0.6 is 0 Å². The summed E-state index contributed by atoms with van der Waals surface area (Å²) in [7, 11) is 0. The van der Waals surface area contributed by atoms with E-state index in [1.807, 2.05) is 12.1 Å². The van der Waals surface area contributed by atoms with Crippen LogP contribution < -0.4 is 9.80 Å². The van der Waals surface area contributed by atoms with E-state index in [4.69, 9.17) is 0 Å². The molecule has 14 rings (SSSR count). The fourth-order valence-corrected chi connectivity index (χ4v) is 12.1. The van der Waals surface area contributed by atoms with Crippen LogP contribution in [0.1, 0.15) is 5.56 Å². The minimum Gasteiger partial charge on any atom is -0.310 e. The lowest BCUT2D eigenvalue weighted by Gasteiger charge is -2.29. The molecular weight excluding hydrogens is 1000 g/mol. The summed E-state index contributed by atoms with van der Waals surface area (Å²) in [4.78, 5) is 4.68. The number of nitrogens with zero attached hydrogens (tertiary/aromatic N) is 4. The van der Waals surface area contributed by atoms with E-state index in [1.54, 1.807) is 0 Å².